The summed E-state index contributed by atoms with van der Waals surface area (Å²) in [6, 6.07) is 0. The minimum atomic E-state index is 0.860. The molecule has 5 heteroatoms. The Labute approximate surface area is 82.3 Å². The Bertz CT molecular complexity index is 203. The molecule has 1 aromatic rings. The van der Waals surface area contributed by atoms with Gasteiger partial charge < -0.3 is 10.1 Å². The van der Waals surface area contributed by atoms with Crippen molar-refractivity contribution in [2.75, 3.05) is 25.6 Å². The Morgan fingerprint density at radius 3 is 3.08 bits per heavy atom. The van der Waals surface area contributed by atoms with E-state index < -0.39 is 0 Å². The summed E-state index contributed by atoms with van der Waals surface area (Å²) in [5.41, 5.74) is 1.73. The fourth-order valence-corrected chi connectivity index (χ4v) is 1.47. The van der Waals surface area contributed by atoms with Gasteiger partial charge in [-0.05, 0) is 19.3 Å². The van der Waals surface area contributed by atoms with Crippen LogP contribution in [0.1, 0.15) is 19.3 Å². The summed E-state index contributed by atoms with van der Waals surface area (Å²) < 4.78 is 4.95. The first-order valence-corrected chi connectivity index (χ1v) is 5.30. The van der Waals surface area contributed by atoms with Crippen LogP contribution in [0.3, 0.4) is 0 Å². The summed E-state index contributed by atoms with van der Waals surface area (Å²) >= 11 is 1.53. The first-order valence-electron chi connectivity index (χ1n) is 4.42. The van der Waals surface area contributed by atoms with Crippen LogP contribution >= 0.6 is 11.3 Å². The number of rotatable bonds is 7. The summed E-state index contributed by atoms with van der Waals surface area (Å²) in [4.78, 5) is 0. The molecule has 1 aromatic heterocycles. The van der Waals surface area contributed by atoms with Crippen molar-refractivity contribution in [3.8, 4) is 0 Å². The molecule has 1 N–H and O–H groups in total. The second-order valence-corrected chi connectivity index (χ2v) is 3.56. The van der Waals surface area contributed by atoms with Gasteiger partial charge in [-0.15, -0.1) is 10.2 Å². The van der Waals surface area contributed by atoms with E-state index in [4.69, 9.17) is 4.74 Å². The van der Waals surface area contributed by atoms with Gasteiger partial charge in [-0.1, -0.05) is 11.3 Å². The Morgan fingerprint density at radius 2 is 2.38 bits per heavy atom. The third kappa shape index (κ3) is 4.80. The Morgan fingerprint density at radius 1 is 1.46 bits per heavy atom. The second kappa shape index (κ2) is 6.80. The number of aromatic nitrogens is 2. The molecular formula is C8H15N3OS. The Kier molecular flexibility index (Phi) is 5.44. The molecule has 0 spiro atoms. The average Bonchev–Trinajstić information content (AvgIpc) is 2.63. The molecule has 0 saturated carbocycles. The highest BCUT2D eigenvalue weighted by atomic mass is 32.1. The molecule has 0 aliphatic carbocycles. The maximum absolute atomic E-state index is 4.95. The van der Waals surface area contributed by atoms with Crippen molar-refractivity contribution in [3.63, 3.8) is 0 Å². The van der Waals surface area contributed by atoms with Crippen LogP contribution < -0.4 is 5.32 Å². The van der Waals surface area contributed by atoms with Gasteiger partial charge in [-0.3, -0.25) is 0 Å². The highest BCUT2D eigenvalue weighted by Crippen LogP contribution is 2.07. The number of nitrogens with zero attached hydrogens (tertiary/aromatic N) is 2. The van der Waals surface area contributed by atoms with E-state index in [1.165, 1.54) is 17.8 Å². The molecule has 0 aliphatic heterocycles. The molecule has 1 heterocycles. The number of hydrogen-bond donors (Lipinski definition) is 1. The van der Waals surface area contributed by atoms with Crippen molar-refractivity contribution < 1.29 is 4.74 Å². The molecule has 1 rings (SSSR count). The van der Waals surface area contributed by atoms with Crippen LogP contribution in [-0.4, -0.2) is 30.5 Å². The van der Waals surface area contributed by atoms with Crippen molar-refractivity contribution in [3.05, 3.63) is 5.51 Å². The van der Waals surface area contributed by atoms with E-state index in [0.717, 1.165) is 31.1 Å². The van der Waals surface area contributed by atoms with Crippen LogP contribution in [0.4, 0.5) is 5.13 Å². The number of nitrogens with one attached hydrogen (secondary N) is 1. The average molecular weight is 201 g/mol. The van der Waals surface area contributed by atoms with Gasteiger partial charge in [0.2, 0.25) is 5.13 Å². The van der Waals surface area contributed by atoms with Gasteiger partial charge >= 0.3 is 0 Å². The fraction of sp³-hybridized carbons (Fsp3) is 0.750. The zero-order chi connectivity index (χ0) is 9.36. The largest absolute Gasteiger partial charge is 0.385 e. The summed E-state index contributed by atoms with van der Waals surface area (Å²) in [7, 11) is 1.74. The van der Waals surface area contributed by atoms with Crippen LogP contribution in [0.2, 0.25) is 0 Å². The Hall–Kier alpha value is -0.680. The molecule has 74 valence electrons. The summed E-state index contributed by atoms with van der Waals surface area (Å²) in [6.45, 7) is 1.83. The van der Waals surface area contributed by atoms with Crippen molar-refractivity contribution in [1.82, 2.24) is 10.2 Å². The van der Waals surface area contributed by atoms with Gasteiger partial charge in [0.1, 0.15) is 5.51 Å². The zero-order valence-electron chi connectivity index (χ0n) is 7.82. The molecule has 13 heavy (non-hydrogen) atoms. The third-order valence-corrected chi connectivity index (χ3v) is 2.31. The third-order valence-electron chi connectivity index (χ3n) is 1.66. The van der Waals surface area contributed by atoms with Crippen LogP contribution in [0.5, 0.6) is 0 Å². The van der Waals surface area contributed by atoms with Crippen LogP contribution in [0.25, 0.3) is 0 Å². The van der Waals surface area contributed by atoms with Gasteiger partial charge in [0.25, 0.3) is 0 Å². The summed E-state index contributed by atoms with van der Waals surface area (Å²) in [5.74, 6) is 0. The van der Waals surface area contributed by atoms with E-state index in [0.29, 0.717) is 0 Å². The number of ether oxygens (including phenoxy) is 1. The predicted molar refractivity (Wildman–Crippen MR) is 54.1 cm³/mol. The van der Waals surface area contributed by atoms with Gasteiger partial charge in [0, 0.05) is 20.3 Å². The smallest absolute Gasteiger partial charge is 0.205 e. The normalized spacial score (nSPS) is 10.2. The molecule has 0 fully saturated rings. The van der Waals surface area contributed by atoms with Gasteiger partial charge in [-0.2, -0.15) is 0 Å². The van der Waals surface area contributed by atoms with E-state index in [1.54, 1.807) is 12.6 Å². The maximum Gasteiger partial charge on any atom is 0.205 e. The Balaban J connectivity index is 1.90. The predicted octanol–water partition coefficient (Wildman–Crippen LogP) is 1.77. The lowest BCUT2D eigenvalue weighted by atomic mass is 10.2. The molecule has 0 bridgehead atoms. The first-order chi connectivity index (χ1) is 6.43. The molecule has 0 radical (unpaired) electrons. The van der Waals surface area contributed by atoms with Gasteiger partial charge in [0.15, 0.2) is 0 Å². The lowest BCUT2D eigenvalue weighted by Crippen LogP contribution is -2.01. The number of methoxy groups -OCH3 is 1. The minimum absolute atomic E-state index is 0.860. The fourth-order valence-electron chi connectivity index (χ4n) is 0.994. The van der Waals surface area contributed by atoms with Crippen LogP contribution in [0.15, 0.2) is 5.51 Å². The molecule has 0 aliphatic rings. The van der Waals surface area contributed by atoms with E-state index in [2.05, 4.69) is 15.5 Å². The van der Waals surface area contributed by atoms with Crippen LogP contribution in [0, 0.1) is 0 Å². The van der Waals surface area contributed by atoms with E-state index in [9.17, 15) is 0 Å². The molecule has 0 aromatic carbocycles. The topological polar surface area (TPSA) is 47.0 Å². The van der Waals surface area contributed by atoms with Gasteiger partial charge in [0.05, 0.1) is 0 Å². The molecular weight excluding hydrogens is 186 g/mol. The quantitative estimate of drug-likeness (QED) is 0.683. The van der Waals surface area contributed by atoms with Crippen molar-refractivity contribution >= 4 is 16.5 Å². The lowest BCUT2D eigenvalue weighted by molar-refractivity contribution is 0.192. The monoisotopic (exact) mass is 201 g/mol. The molecule has 0 atom stereocenters. The SMILES string of the molecule is COCCCCCNc1nncs1. The summed E-state index contributed by atoms with van der Waals surface area (Å²) in [5, 5.41) is 11.7. The highest BCUT2D eigenvalue weighted by Gasteiger charge is 1.93. The van der Waals surface area contributed by atoms with E-state index in [-0.39, 0.29) is 0 Å². The number of unbranched alkanes of at least 4 members (excludes halogenated alkanes) is 2. The minimum Gasteiger partial charge on any atom is -0.385 e. The summed E-state index contributed by atoms with van der Waals surface area (Å²) in [6.07, 6.45) is 3.48. The van der Waals surface area contributed by atoms with E-state index >= 15 is 0 Å². The molecule has 0 unspecified atom stereocenters. The van der Waals surface area contributed by atoms with Crippen molar-refractivity contribution in [2.45, 2.75) is 19.3 Å². The van der Waals surface area contributed by atoms with E-state index in [1.807, 2.05) is 0 Å². The van der Waals surface area contributed by atoms with Crippen molar-refractivity contribution in [1.29, 1.82) is 0 Å². The maximum atomic E-state index is 4.95. The zero-order valence-corrected chi connectivity index (χ0v) is 8.64. The van der Waals surface area contributed by atoms with Gasteiger partial charge in [-0.25, -0.2) is 0 Å². The molecule has 0 amide bonds. The van der Waals surface area contributed by atoms with Crippen LogP contribution in [-0.2, 0) is 4.74 Å². The number of hydrogen-bond acceptors (Lipinski definition) is 5. The second-order valence-electron chi connectivity index (χ2n) is 2.72. The number of anilines is 1. The first kappa shape index (κ1) is 10.4. The molecule has 4 nitrogen and oxygen atoms in total. The standard InChI is InChI=1S/C8H15N3OS/c1-12-6-4-2-3-5-9-8-11-10-7-13-8/h7H,2-6H2,1H3,(H,9,11). The van der Waals surface area contributed by atoms with Crippen molar-refractivity contribution in [2.24, 2.45) is 0 Å². The highest BCUT2D eigenvalue weighted by molar-refractivity contribution is 7.13. The molecule has 0 saturated heterocycles. The lowest BCUT2D eigenvalue weighted by Gasteiger charge is -2.01.